The molecule has 3 aliphatic carbocycles. The predicted octanol–water partition coefficient (Wildman–Crippen LogP) is 2.50. The summed E-state index contributed by atoms with van der Waals surface area (Å²) >= 11 is 0. The lowest BCUT2D eigenvalue weighted by Gasteiger charge is -2.21. The Labute approximate surface area is 119 Å². The zero-order valence-electron chi connectivity index (χ0n) is 11.9. The first-order valence-corrected chi connectivity index (χ1v) is 8.09. The van der Waals surface area contributed by atoms with E-state index in [4.69, 9.17) is 0 Å². The van der Waals surface area contributed by atoms with E-state index < -0.39 is 0 Å². The van der Waals surface area contributed by atoms with E-state index in [0.29, 0.717) is 5.92 Å². The van der Waals surface area contributed by atoms with Gasteiger partial charge < -0.3 is 5.32 Å². The number of nitrogens with zero attached hydrogens (tertiary/aromatic N) is 2. The molecule has 4 heteroatoms. The normalized spacial score (nSPS) is 31.7. The van der Waals surface area contributed by atoms with Crippen LogP contribution in [-0.4, -0.2) is 16.3 Å². The molecule has 1 heterocycles. The van der Waals surface area contributed by atoms with Crippen LogP contribution in [0, 0.1) is 23.7 Å². The maximum absolute atomic E-state index is 12.2. The molecule has 3 saturated carbocycles. The highest BCUT2D eigenvalue weighted by atomic mass is 16.1. The van der Waals surface area contributed by atoms with Crippen molar-refractivity contribution in [3.63, 3.8) is 0 Å². The van der Waals surface area contributed by atoms with Crippen LogP contribution in [0.5, 0.6) is 0 Å². The fourth-order valence-electron chi connectivity index (χ4n) is 4.07. The molecule has 0 amide bonds. The molecule has 3 aliphatic rings. The monoisotopic (exact) mass is 273 g/mol. The molecule has 0 aliphatic heterocycles. The minimum absolute atomic E-state index is 0.0496. The molecule has 4 rings (SSSR count). The molecule has 3 fully saturated rings. The molecule has 0 saturated heterocycles. The Bertz CT molecular complexity index is 549. The lowest BCUT2D eigenvalue weighted by molar-refractivity contribution is 0.280. The summed E-state index contributed by atoms with van der Waals surface area (Å²) in [4.78, 5) is 12.2. The molecule has 1 aromatic heterocycles. The Kier molecular flexibility index (Phi) is 3.04. The topological polar surface area (TPSA) is 46.9 Å². The summed E-state index contributed by atoms with van der Waals surface area (Å²) < 4.78 is 1.67. The first-order chi connectivity index (χ1) is 9.78. The van der Waals surface area contributed by atoms with Gasteiger partial charge in [0.05, 0.1) is 11.9 Å². The van der Waals surface area contributed by atoms with Gasteiger partial charge in [0.25, 0.3) is 5.56 Å². The molecular weight excluding hydrogens is 250 g/mol. The first kappa shape index (κ1) is 12.4. The second-order valence-electron chi connectivity index (χ2n) is 7.02. The SMILES string of the molecule is O=c1cc(NCC2CC2)cnn1CC1CC2CCC1C2. The molecule has 3 unspecified atom stereocenters. The lowest BCUT2D eigenvalue weighted by Crippen LogP contribution is -2.28. The number of hydrogen-bond acceptors (Lipinski definition) is 3. The minimum Gasteiger partial charge on any atom is -0.383 e. The van der Waals surface area contributed by atoms with Crippen molar-refractivity contribution in [1.29, 1.82) is 0 Å². The van der Waals surface area contributed by atoms with Crippen LogP contribution in [0.2, 0.25) is 0 Å². The summed E-state index contributed by atoms with van der Waals surface area (Å²) in [5.41, 5.74) is 0.930. The highest BCUT2D eigenvalue weighted by Gasteiger charge is 2.39. The number of aromatic nitrogens is 2. The standard InChI is InChI=1S/C16H23N3O/c20-16-7-15(17-8-11-1-2-11)9-18-19(16)10-14-6-12-3-4-13(14)5-12/h7,9,11-14,17H,1-6,8,10H2. The lowest BCUT2D eigenvalue weighted by atomic mass is 9.89. The molecule has 3 atom stereocenters. The fourth-order valence-corrected chi connectivity index (χ4v) is 4.07. The van der Waals surface area contributed by atoms with Gasteiger partial charge in [-0.2, -0.15) is 5.10 Å². The van der Waals surface area contributed by atoms with Crippen molar-refractivity contribution in [3.8, 4) is 0 Å². The van der Waals surface area contributed by atoms with Crippen LogP contribution in [0.3, 0.4) is 0 Å². The highest BCUT2D eigenvalue weighted by Crippen LogP contribution is 2.48. The second kappa shape index (κ2) is 4.90. The molecule has 0 radical (unpaired) electrons. The van der Waals surface area contributed by atoms with E-state index in [1.54, 1.807) is 10.7 Å². The van der Waals surface area contributed by atoms with Crippen LogP contribution < -0.4 is 10.9 Å². The third-order valence-corrected chi connectivity index (χ3v) is 5.45. The Balaban J connectivity index is 1.41. The summed E-state index contributed by atoms with van der Waals surface area (Å²) in [5.74, 6) is 3.28. The number of fused-ring (bicyclic) bond motifs is 2. The summed E-state index contributed by atoms with van der Waals surface area (Å²) in [6.07, 6.45) is 9.93. The molecule has 0 spiro atoms. The van der Waals surface area contributed by atoms with E-state index in [2.05, 4.69) is 10.4 Å². The van der Waals surface area contributed by atoms with Gasteiger partial charge in [0.2, 0.25) is 0 Å². The van der Waals surface area contributed by atoms with E-state index in [1.165, 1.54) is 38.5 Å². The van der Waals surface area contributed by atoms with E-state index in [9.17, 15) is 4.79 Å². The van der Waals surface area contributed by atoms with Crippen molar-refractivity contribution in [2.24, 2.45) is 23.7 Å². The summed E-state index contributed by atoms with van der Waals surface area (Å²) in [6.45, 7) is 1.81. The summed E-state index contributed by atoms with van der Waals surface area (Å²) in [6, 6.07) is 1.71. The van der Waals surface area contributed by atoms with Crippen molar-refractivity contribution in [3.05, 3.63) is 22.6 Å². The van der Waals surface area contributed by atoms with Crippen LogP contribution in [0.15, 0.2) is 17.1 Å². The third kappa shape index (κ3) is 2.48. The van der Waals surface area contributed by atoms with Gasteiger partial charge in [-0.1, -0.05) is 6.42 Å². The van der Waals surface area contributed by atoms with Gasteiger partial charge >= 0.3 is 0 Å². The smallest absolute Gasteiger partial charge is 0.268 e. The van der Waals surface area contributed by atoms with Gasteiger partial charge in [-0.15, -0.1) is 0 Å². The number of anilines is 1. The van der Waals surface area contributed by atoms with Crippen molar-refractivity contribution in [2.45, 2.75) is 45.1 Å². The maximum atomic E-state index is 12.2. The predicted molar refractivity (Wildman–Crippen MR) is 78.6 cm³/mol. The molecule has 1 aromatic rings. The van der Waals surface area contributed by atoms with Crippen LogP contribution >= 0.6 is 0 Å². The Morgan fingerprint density at radius 3 is 2.80 bits per heavy atom. The Morgan fingerprint density at radius 1 is 1.25 bits per heavy atom. The van der Waals surface area contributed by atoms with Crippen molar-refractivity contribution < 1.29 is 0 Å². The number of hydrogen-bond donors (Lipinski definition) is 1. The van der Waals surface area contributed by atoms with Gasteiger partial charge in [-0.3, -0.25) is 4.79 Å². The van der Waals surface area contributed by atoms with Crippen LogP contribution in [0.1, 0.15) is 38.5 Å². The third-order valence-electron chi connectivity index (χ3n) is 5.45. The summed E-state index contributed by atoms with van der Waals surface area (Å²) in [5, 5.41) is 7.68. The average Bonchev–Trinajstić information content (AvgIpc) is 3.05. The van der Waals surface area contributed by atoms with E-state index in [-0.39, 0.29) is 5.56 Å². The van der Waals surface area contributed by atoms with Crippen molar-refractivity contribution in [2.75, 3.05) is 11.9 Å². The minimum atomic E-state index is 0.0496. The van der Waals surface area contributed by atoms with Gasteiger partial charge in [0.15, 0.2) is 0 Å². The largest absolute Gasteiger partial charge is 0.383 e. The van der Waals surface area contributed by atoms with Gasteiger partial charge in [-0.25, -0.2) is 4.68 Å². The number of nitrogens with one attached hydrogen (secondary N) is 1. The zero-order valence-corrected chi connectivity index (χ0v) is 11.9. The Morgan fingerprint density at radius 2 is 2.15 bits per heavy atom. The average molecular weight is 273 g/mol. The molecule has 0 aromatic carbocycles. The van der Waals surface area contributed by atoms with Gasteiger partial charge in [-0.05, 0) is 55.8 Å². The second-order valence-corrected chi connectivity index (χ2v) is 7.02. The first-order valence-electron chi connectivity index (χ1n) is 8.09. The zero-order chi connectivity index (χ0) is 13.5. The van der Waals surface area contributed by atoms with Crippen molar-refractivity contribution >= 4 is 5.69 Å². The Hall–Kier alpha value is -1.32. The molecule has 1 N–H and O–H groups in total. The van der Waals surface area contributed by atoms with Crippen LogP contribution in [0.4, 0.5) is 5.69 Å². The van der Waals surface area contributed by atoms with Gasteiger partial charge in [0, 0.05) is 19.2 Å². The van der Waals surface area contributed by atoms with Crippen LogP contribution in [0.25, 0.3) is 0 Å². The van der Waals surface area contributed by atoms with Crippen molar-refractivity contribution in [1.82, 2.24) is 9.78 Å². The molecule has 108 valence electrons. The quantitative estimate of drug-likeness (QED) is 0.896. The molecule has 2 bridgehead atoms. The fraction of sp³-hybridized carbons (Fsp3) is 0.750. The van der Waals surface area contributed by atoms with E-state index in [0.717, 1.165) is 36.5 Å². The molecule has 4 nitrogen and oxygen atoms in total. The van der Waals surface area contributed by atoms with Gasteiger partial charge in [0.1, 0.15) is 0 Å². The van der Waals surface area contributed by atoms with E-state index in [1.807, 2.05) is 6.20 Å². The molecular formula is C16H23N3O. The van der Waals surface area contributed by atoms with Crippen LogP contribution in [-0.2, 0) is 6.54 Å². The van der Waals surface area contributed by atoms with E-state index >= 15 is 0 Å². The highest BCUT2D eigenvalue weighted by molar-refractivity contribution is 5.38. The number of rotatable bonds is 5. The maximum Gasteiger partial charge on any atom is 0.268 e. The molecule has 20 heavy (non-hydrogen) atoms. The summed E-state index contributed by atoms with van der Waals surface area (Å²) in [7, 11) is 0.